The van der Waals surface area contributed by atoms with Gasteiger partial charge in [-0.25, -0.2) is 8.78 Å². The van der Waals surface area contributed by atoms with Crippen molar-refractivity contribution in [2.75, 3.05) is 0 Å². The molecule has 0 unspecified atom stereocenters. The first-order valence-corrected chi connectivity index (χ1v) is 13.8. The Hall–Kier alpha value is -3.39. The number of halogens is 5. The molecule has 5 rings (SSSR count). The van der Waals surface area contributed by atoms with Crippen LogP contribution in [0.2, 0.25) is 0 Å². The fourth-order valence-electron chi connectivity index (χ4n) is 5.92. The van der Waals surface area contributed by atoms with Crippen LogP contribution >= 0.6 is 0 Å². The first-order chi connectivity index (χ1) is 18.7. The molecule has 0 aliphatic heterocycles. The molecule has 4 aromatic carbocycles. The highest BCUT2D eigenvalue weighted by atomic mass is 19.4. The molecule has 39 heavy (non-hydrogen) atoms. The van der Waals surface area contributed by atoms with Crippen molar-refractivity contribution in [3.05, 3.63) is 83.4 Å². The summed E-state index contributed by atoms with van der Waals surface area (Å²) in [5, 5.41) is 2.53. The molecule has 5 heteroatoms. The van der Waals surface area contributed by atoms with Crippen LogP contribution in [0.25, 0.3) is 32.7 Å². The van der Waals surface area contributed by atoms with Gasteiger partial charge in [-0.15, -0.1) is 0 Å². The molecule has 0 atom stereocenters. The summed E-state index contributed by atoms with van der Waals surface area (Å²) in [4.78, 5) is 0. The van der Waals surface area contributed by atoms with Crippen molar-refractivity contribution in [2.24, 2.45) is 5.92 Å². The number of hydrogen-bond acceptors (Lipinski definition) is 0. The molecule has 1 aliphatic rings. The van der Waals surface area contributed by atoms with Gasteiger partial charge in [0.15, 0.2) is 0 Å². The minimum Gasteiger partial charge on any atom is -0.205 e. The Morgan fingerprint density at radius 1 is 0.769 bits per heavy atom. The van der Waals surface area contributed by atoms with Crippen LogP contribution in [0.15, 0.2) is 60.7 Å². The summed E-state index contributed by atoms with van der Waals surface area (Å²) in [7, 11) is 0. The highest BCUT2D eigenvalue weighted by Crippen LogP contribution is 2.39. The van der Waals surface area contributed by atoms with Gasteiger partial charge in [-0.3, -0.25) is 0 Å². The third-order valence-corrected chi connectivity index (χ3v) is 8.09. The van der Waals surface area contributed by atoms with Crippen LogP contribution in [0.4, 0.5) is 22.0 Å². The molecular weight excluding hydrogens is 503 g/mol. The van der Waals surface area contributed by atoms with Crippen molar-refractivity contribution >= 4 is 21.5 Å². The summed E-state index contributed by atoms with van der Waals surface area (Å²) in [5.41, 5.74) is 2.18. The van der Waals surface area contributed by atoms with Crippen LogP contribution in [0, 0.1) is 29.4 Å². The molecular formula is C34H31F5. The van der Waals surface area contributed by atoms with Crippen molar-refractivity contribution in [1.82, 2.24) is 0 Å². The van der Waals surface area contributed by atoms with E-state index < -0.39 is 23.4 Å². The van der Waals surface area contributed by atoms with Crippen LogP contribution in [0.1, 0.15) is 75.3 Å². The maximum Gasteiger partial charge on any atom is 0.458 e. The molecule has 0 spiro atoms. The first kappa shape index (κ1) is 27.2. The lowest BCUT2D eigenvalue weighted by Crippen LogP contribution is -2.13. The minimum atomic E-state index is -4.83. The molecule has 1 saturated carbocycles. The van der Waals surface area contributed by atoms with Gasteiger partial charge >= 0.3 is 6.18 Å². The number of unbranched alkanes of at least 4 members (excludes halogenated alkanes) is 2. The first-order valence-electron chi connectivity index (χ1n) is 13.8. The van der Waals surface area contributed by atoms with Crippen LogP contribution in [-0.2, 0) is 0 Å². The number of alkyl halides is 3. The second-order valence-electron chi connectivity index (χ2n) is 10.8. The fourth-order valence-corrected chi connectivity index (χ4v) is 5.92. The Balaban J connectivity index is 1.36. The summed E-state index contributed by atoms with van der Waals surface area (Å²) >= 11 is 0. The molecule has 202 valence electrons. The van der Waals surface area contributed by atoms with E-state index in [1.165, 1.54) is 63.0 Å². The average Bonchev–Trinajstić information content (AvgIpc) is 2.92. The van der Waals surface area contributed by atoms with Crippen molar-refractivity contribution in [2.45, 2.75) is 70.4 Å². The van der Waals surface area contributed by atoms with E-state index >= 15 is 0 Å². The van der Waals surface area contributed by atoms with E-state index in [2.05, 4.69) is 37.3 Å². The maximum atomic E-state index is 14.8. The molecule has 0 amide bonds. The van der Waals surface area contributed by atoms with E-state index in [-0.39, 0.29) is 10.8 Å². The Labute approximate surface area is 226 Å². The standard InChI is InChI=1S/C34H31F5/c1-2-3-4-5-22-6-8-23(9-7-22)24-10-11-26-19-27(13-12-25(26)18-24)28-14-15-30-29(20-28)21-32(35)31(33(30)36)16-17-34(37,38)39/h10-15,18-23H,2-9H2,1H3. The smallest absolute Gasteiger partial charge is 0.205 e. The van der Waals surface area contributed by atoms with Crippen LogP contribution < -0.4 is 0 Å². The lowest BCUT2D eigenvalue weighted by atomic mass is 9.76. The van der Waals surface area contributed by atoms with Crippen molar-refractivity contribution in [3.8, 4) is 23.0 Å². The predicted octanol–water partition coefficient (Wildman–Crippen LogP) is 10.7. The zero-order valence-electron chi connectivity index (χ0n) is 22.0. The van der Waals surface area contributed by atoms with Crippen molar-refractivity contribution in [3.63, 3.8) is 0 Å². The molecule has 0 saturated heterocycles. The lowest BCUT2D eigenvalue weighted by Gasteiger charge is -2.29. The van der Waals surface area contributed by atoms with E-state index in [0.29, 0.717) is 5.92 Å². The summed E-state index contributed by atoms with van der Waals surface area (Å²) in [6.07, 6.45) is 5.60. The molecule has 0 heterocycles. The van der Waals surface area contributed by atoms with E-state index in [1.54, 1.807) is 18.1 Å². The van der Waals surface area contributed by atoms with Gasteiger partial charge in [0.25, 0.3) is 0 Å². The van der Waals surface area contributed by atoms with Gasteiger partial charge in [0.05, 0.1) is 5.56 Å². The maximum absolute atomic E-state index is 14.8. The van der Waals surface area contributed by atoms with Gasteiger partial charge in [0.2, 0.25) is 0 Å². The third-order valence-electron chi connectivity index (χ3n) is 8.09. The Kier molecular flexibility index (Phi) is 7.93. The third kappa shape index (κ3) is 6.27. The molecule has 0 aromatic heterocycles. The van der Waals surface area contributed by atoms with E-state index in [1.807, 2.05) is 6.07 Å². The summed E-state index contributed by atoms with van der Waals surface area (Å²) in [6.45, 7) is 2.25. The van der Waals surface area contributed by atoms with Crippen molar-refractivity contribution in [1.29, 1.82) is 0 Å². The summed E-state index contributed by atoms with van der Waals surface area (Å²) < 4.78 is 66.6. The molecule has 1 fully saturated rings. The van der Waals surface area contributed by atoms with Gasteiger partial charge < -0.3 is 0 Å². The summed E-state index contributed by atoms with van der Waals surface area (Å²) in [6, 6.07) is 18.6. The zero-order valence-corrected chi connectivity index (χ0v) is 22.0. The van der Waals surface area contributed by atoms with Crippen LogP contribution in [-0.4, -0.2) is 6.18 Å². The Bertz CT molecular complexity index is 1550. The van der Waals surface area contributed by atoms with Gasteiger partial charge in [-0.05, 0) is 88.6 Å². The Morgan fingerprint density at radius 2 is 1.44 bits per heavy atom. The molecule has 0 nitrogen and oxygen atoms in total. The number of hydrogen-bond donors (Lipinski definition) is 0. The number of benzene rings is 4. The zero-order chi connectivity index (χ0) is 27.6. The van der Waals surface area contributed by atoms with Crippen molar-refractivity contribution < 1.29 is 22.0 Å². The van der Waals surface area contributed by atoms with Gasteiger partial charge in [0, 0.05) is 11.3 Å². The second kappa shape index (κ2) is 11.4. The topological polar surface area (TPSA) is 0 Å². The van der Waals surface area contributed by atoms with Gasteiger partial charge in [-0.2, -0.15) is 13.2 Å². The quantitative estimate of drug-likeness (QED) is 0.131. The highest BCUT2D eigenvalue weighted by Gasteiger charge is 2.24. The fraction of sp³-hybridized carbons (Fsp3) is 0.353. The minimum absolute atomic E-state index is 0.0251. The molecule has 0 N–H and O–H groups in total. The highest BCUT2D eigenvalue weighted by molar-refractivity contribution is 5.92. The lowest BCUT2D eigenvalue weighted by molar-refractivity contribution is -0.0696. The van der Waals surface area contributed by atoms with Crippen LogP contribution in [0.5, 0.6) is 0 Å². The van der Waals surface area contributed by atoms with Gasteiger partial charge in [-0.1, -0.05) is 81.0 Å². The Morgan fingerprint density at radius 3 is 2.15 bits per heavy atom. The SMILES string of the molecule is CCCCCC1CCC(c2ccc3cc(-c4ccc5c(F)c(C#CC(F)(F)F)c(F)cc5c4)ccc3c2)CC1. The normalized spacial score (nSPS) is 17.8. The second-order valence-corrected chi connectivity index (χ2v) is 10.8. The monoisotopic (exact) mass is 534 g/mol. The average molecular weight is 535 g/mol. The molecule has 1 aliphatic carbocycles. The summed E-state index contributed by atoms with van der Waals surface area (Å²) in [5.74, 6) is 1.81. The van der Waals surface area contributed by atoms with Gasteiger partial charge in [0.1, 0.15) is 11.6 Å². The van der Waals surface area contributed by atoms with Crippen LogP contribution in [0.3, 0.4) is 0 Å². The van der Waals surface area contributed by atoms with E-state index in [9.17, 15) is 22.0 Å². The van der Waals surface area contributed by atoms with E-state index in [0.717, 1.165) is 39.8 Å². The molecule has 0 bridgehead atoms. The molecule has 0 radical (unpaired) electrons. The molecule has 4 aromatic rings. The largest absolute Gasteiger partial charge is 0.458 e. The number of fused-ring (bicyclic) bond motifs is 2. The number of rotatable bonds is 6. The predicted molar refractivity (Wildman–Crippen MR) is 149 cm³/mol. The van der Waals surface area contributed by atoms with E-state index in [4.69, 9.17) is 0 Å².